The highest BCUT2D eigenvalue weighted by molar-refractivity contribution is 6.32. The molecule has 0 bridgehead atoms. The monoisotopic (exact) mass is 472 g/mol. The topological polar surface area (TPSA) is 97.7 Å². The normalized spacial score (nSPS) is 13.8. The number of nitriles is 2. The van der Waals surface area contributed by atoms with Crippen molar-refractivity contribution >= 4 is 17.5 Å². The Balaban J connectivity index is 1.81. The number of aryl methyl sites for hydroxylation is 2. The van der Waals surface area contributed by atoms with Crippen molar-refractivity contribution in [1.29, 1.82) is 10.5 Å². The fraction of sp³-hybridized carbons (Fsp3) is 0.308. The first kappa shape index (κ1) is 23.5. The Morgan fingerprint density at radius 1 is 1.12 bits per heavy atom. The molecule has 2 heterocycles. The van der Waals surface area contributed by atoms with Crippen molar-refractivity contribution in [3.8, 4) is 29.1 Å². The Morgan fingerprint density at radius 2 is 1.85 bits per heavy atom. The van der Waals surface area contributed by atoms with E-state index in [1.807, 2.05) is 54.4 Å². The molecular formula is C26H25ClN6O. The maximum Gasteiger partial charge on any atom is 0.287 e. The summed E-state index contributed by atoms with van der Waals surface area (Å²) in [4.78, 5) is 13.2. The Kier molecular flexibility index (Phi) is 7.27. The van der Waals surface area contributed by atoms with E-state index in [9.17, 15) is 10.1 Å². The fourth-order valence-electron chi connectivity index (χ4n) is 4.14. The number of nitrogens with zero attached hydrogens (tertiary/aromatic N) is 5. The zero-order valence-corrected chi connectivity index (χ0v) is 19.8. The zero-order chi connectivity index (χ0) is 24.1. The molecule has 4 rings (SSSR count). The lowest BCUT2D eigenvalue weighted by Crippen LogP contribution is -2.45. The van der Waals surface area contributed by atoms with Gasteiger partial charge in [0.25, 0.3) is 5.91 Å². The minimum absolute atomic E-state index is 0.0632. The SMILES string of the molecule is Cc1ccc(-n2nc(C(=O)NN3CCCCC3)c(C#N)c2-c2ccc(CCC#N)cc2)c(Cl)c1. The van der Waals surface area contributed by atoms with Crippen molar-refractivity contribution in [3.05, 3.63) is 69.9 Å². The van der Waals surface area contributed by atoms with Crippen LogP contribution in [0, 0.1) is 29.6 Å². The van der Waals surface area contributed by atoms with Gasteiger partial charge in [-0.05, 0) is 49.4 Å². The van der Waals surface area contributed by atoms with Crippen LogP contribution in [0.3, 0.4) is 0 Å². The molecule has 3 aromatic rings. The first-order chi connectivity index (χ1) is 16.5. The van der Waals surface area contributed by atoms with Crippen LogP contribution in [0.2, 0.25) is 5.02 Å². The Morgan fingerprint density at radius 3 is 2.50 bits per heavy atom. The van der Waals surface area contributed by atoms with Crippen LogP contribution in [0.4, 0.5) is 0 Å². The molecule has 1 saturated heterocycles. The first-order valence-corrected chi connectivity index (χ1v) is 11.7. The number of aromatic nitrogens is 2. The summed E-state index contributed by atoms with van der Waals surface area (Å²) in [7, 11) is 0. The number of benzene rings is 2. The molecule has 2 aromatic carbocycles. The van der Waals surface area contributed by atoms with Gasteiger partial charge in [0.05, 0.1) is 22.5 Å². The average molecular weight is 473 g/mol. The molecule has 1 amide bonds. The number of hydrogen-bond acceptors (Lipinski definition) is 5. The maximum absolute atomic E-state index is 13.2. The lowest BCUT2D eigenvalue weighted by atomic mass is 10.0. The number of piperidine rings is 1. The second-order valence-electron chi connectivity index (χ2n) is 8.39. The highest BCUT2D eigenvalue weighted by Gasteiger charge is 2.27. The zero-order valence-electron chi connectivity index (χ0n) is 19.0. The van der Waals surface area contributed by atoms with Gasteiger partial charge in [-0.1, -0.05) is 48.4 Å². The second-order valence-corrected chi connectivity index (χ2v) is 8.80. The molecule has 1 N–H and O–H groups in total. The van der Waals surface area contributed by atoms with Gasteiger partial charge in [-0.15, -0.1) is 0 Å². The summed E-state index contributed by atoms with van der Waals surface area (Å²) >= 11 is 6.56. The molecule has 1 aromatic heterocycles. The molecular weight excluding hydrogens is 448 g/mol. The van der Waals surface area contributed by atoms with Gasteiger partial charge < -0.3 is 0 Å². The van der Waals surface area contributed by atoms with Crippen LogP contribution in [0.1, 0.15) is 52.9 Å². The minimum Gasteiger partial charge on any atom is -0.283 e. The Bertz CT molecular complexity index is 1280. The predicted octanol–water partition coefficient (Wildman–Crippen LogP) is 4.96. The molecule has 8 heteroatoms. The Labute approximate surface area is 204 Å². The van der Waals surface area contributed by atoms with Crippen molar-refractivity contribution < 1.29 is 4.79 Å². The van der Waals surface area contributed by atoms with E-state index in [0.29, 0.717) is 29.2 Å². The fourth-order valence-corrected chi connectivity index (χ4v) is 4.45. The first-order valence-electron chi connectivity index (χ1n) is 11.3. The molecule has 34 heavy (non-hydrogen) atoms. The van der Waals surface area contributed by atoms with Crippen molar-refractivity contribution in [1.82, 2.24) is 20.2 Å². The van der Waals surface area contributed by atoms with Crippen LogP contribution in [-0.4, -0.2) is 33.8 Å². The summed E-state index contributed by atoms with van der Waals surface area (Å²) in [6.45, 7) is 3.49. The standard InChI is InChI=1S/C26H25ClN6O/c1-18-7-12-23(22(27)16-18)33-25(20-10-8-19(9-11-20)6-5-13-28)21(17-29)24(30-33)26(34)31-32-14-3-2-4-15-32/h7-12,16H,2-6,14-15H2,1H3,(H,31,34). The molecule has 0 unspecified atom stereocenters. The third-order valence-electron chi connectivity index (χ3n) is 5.91. The van der Waals surface area contributed by atoms with Crippen LogP contribution in [0.15, 0.2) is 42.5 Å². The van der Waals surface area contributed by atoms with Gasteiger partial charge in [-0.25, -0.2) is 9.69 Å². The average Bonchev–Trinajstić information content (AvgIpc) is 3.23. The summed E-state index contributed by atoms with van der Waals surface area (Å²) in [5.74, 6) is -0.410. The van der Waals surface area contributed by atoms with Crippen LogP contribution < -0.4 is 5.43 Å². The highest BCUT2D eigenvalue weighted by atomic mass is 35.5. The summed E-state index contributed by atoms with van der Waals surface area (Å²) in [6.07, 6.45) is 4.25. The van der Waals surface area contributed by atoms with Crippen molar-refractivity contribution in [3.63, 3.8) is 0 Å². The predicted molar refractivity (Wildman–Crippen MR) is 130 cm³/mol. The lowest BCUT2D eigenvalue weighted by molar-refractivity contribution is 0.0744. The van der Waals surface area contributed by atoms with E-state index in [4.69, 9.17) is 16.9 Å². The summed E-state index contributed by atoms with van der Waals surface area (Å²) in [5.41, 5.74) is 7.01. The smallest absolute Gasteiger partial charge is 0.283 e. The van der Waals surface area contributed by atoms with Gasteiger partial charge in [-0.3, -0.25) is 10.2 Å². The van der Waals surface area contributed by atoms with Gasteiger partial charge in [0, 0.05) is 25.1 Å². The molecule has 0 aliphatic carbocycles. The minimum atomic E-state index is -0.410. The van der Waals surface area contributed by atoms with Crippen molar-refractivity contribution in [2.24, 2.45) is 0 Å². The Hall–Kier alpha value is -3.65. The van der Waals surface area contributed by atoms with Crippen LogP contribution >= 0.6 is 11.6 Å². The van der Waals surface area contributed by atoms with Gasteiger partial charge in [0.2, 0.25) is 0 Å². The van der Waals surface area contributed by atoms with Gasteiger partial charge >= 0.3 is 0 Å². The van der Waals surface area contributed by atoms with Crippen LogP contribution in [0.5, 0.6) is 0 Å². The number of carbonyl (C=O) groups is 1. The largest absolute Gasteiger partial charge is 0.287 e. The molecule has 0 saturated carbocycles. The molecule has 172 valence electrons. The number of halogens is 1. The van der Waals surface area contributed by atoms with E-state index in [2.05, 4.69) is 22.7 Å². The molecule has 0 radical (unpaired) electrons. The van der Waals surface area contributed by atoms with Crippen LogP contribution in [0.25, 0.3) is 16.9 Å². The summed E-state index contributed by atoms with van der Waals surface area (Å²) < 4.78 is 1.58. The number of nitrogens with one attached hydrogen (secondary N) is 1. The maximum atomic E-state index is 13.2. The number of rotatable bonds is 6. The van der Waals surface area contributed by atoms with E-state index in [1.54, 1.807) is 4.68 Å². The van der Waals surface area contributed by atoms with Gasteiger partial charge in [0.15, 0.2) is 5.69 Å². The van der Waals surface area contributed by atoms with E-state index in [0.717, 1.165) is 49.0 Å². The van der Waals surface area contributed by atoms with Crippen LogP contribution in [-0.2, 0) is 6.42 Å². The van der Waals surface area contributed by atoms with Gasteiger partial charge in [0.1, 0.15) is 11.6 Å². The third kappa shape index (κ3) is 4.97. The molecule has 0 atom stereocenters. The van der Waals surface area contributed by atoms with Crippen molar-refractivity contribution in [2.45, 2.75) is 39.0 Å². The molecule has 1 aliphatic heterocycles. The quantitative estimate of drug-likeness (QED) is 0.546. The summed E-state index contributed by atoms with van der Waals surface area (Å²) in [6, 6.07) is 17.6. The van der Waals surface area contributed by atoms with E-state index in [1.165, 1.54) is 0 Å². The lowest BCUT2D eigenvalue weighted by Gasteiger charge is -2.26. The highest BCUT2D eigenvalue weighted by Crippen LogP contribution is 2.32. The molecule has 1 fully saturated rings. The second kappa shape index (κ2) is 10.5. The molecule has 0 spiro atoms. The summed E-state index contributed by atoms with van der Waals surface area (Å²) in [5, 5.41) is 25.9. The molecule has 1 aliphatic rings. The number of amides is 1. The third-order valence-corrected chi connectivity index (χ3v) is 6.21. The van der Waals surface area contributed by atoms with Gasteiger partial charge in [-0.2, -0.15) is 15.6 Å². The van der Waals surface area contributed by atoms with E-state index in [-0.39, 0.29) is 11.3 Å². The van der Waals surface area contributed by atoms with E-state index < -0.39 is 5.91 Å². The number of hydrazine groups is 1. The van der Waals surface area contributed by atoms with E-state index >= 15 is 0 Å². The van der Waals surface area contributed by atoms with Crippen molar-refractivity contribution in [2.75, 3.05) is 13.1 Å². The number of hydrogen-bond donors (Lipinski definition) is 1. The molecule has 7 nitrogen and oxygen atoms in total. The number of carbonyl (C=O) groups excluding carboxylic acids is 1.